The maximum absolute atomic E-state index is 8.81. The summed E-state index contributed by atoms with van der Waals surface area (Å²) in [5.74, 6) is 1.46. The Kier molecular flexibility index (Phi) is 4.98. The highest BCUT2D eigenvalue weighted by molar-refractivity contribution is 5.40. The summed E-state index contributed by atoms with van der Waals surface area (Å²) in [4.78, 5) is 0. The van der Waals surface area contributed by atoms with Crippen LogP contribution in [0.2, 0.25) is 0 Å². The number of aliphatic hydroxyl groups is 1. The number of ether oxygens (including phenoxy) is 2. The number of aliphatic hydroxyl groups excluding tert-OH is 1. The average Bonchev–Trinajstić information content (AvgIpc) is 2.29. The van der Waals surface area contributed by atoms with Gasteiger partial charge in [0, 0.05) is 0 Å². The van der Waals surface area contributed by atoms with Crippen molar-refractivity contribution < 1.29 is 14.6 Å². The molecule has 0 aliphatic carbocycles. The van der Waals surface area contributed by atoms with Crippen LogP contribution in [0.15, 0.2) is 24.3 Å². The lowest BCUT2D eigenvalue weighted by Crippen LogP contribution is -2.32. The standard InChI is InChI=1S/C9H10O3.C3H8/c10-5-7-6-11-8-3-1-2-4-9(8)12-7;1-3-2/h1-4,7,10H,5-6H2;3H2,1-2H3. The number of fused-ring (bicyclic) bond motifs is 1. The zero-order chi connectivity index (χ0) is 11.1. The fourth-order valence-corrected chi connectivity index (χ4v) is 1.15. The van der Waals surface area contributed by atoms with Crippen molar-refractivity contribution in [3.05, 3.63) is 24.3 Å². The van der Waals surface area contributed by atoms with Crippen molar-refractivity contribution in [3.63, 3.8) is 0 Å². The number of para-hydroxylation sites is 2. The third-order valence-corrected chi connectivity index (χ3v) is 1.77. The fraction of sp³-hybridized carbons (Fsp3) is 0.500. The molecule has 3 heteroatoms. The van der Waals surface area contributed by atoms with Crippen molar-refractivity contribution >= 4 is 0 Å². The second-order valence-electron chi connectivity index (χ2n) is 3.39. The Morgan fingerprint density at radius 1 is 1.27 bits per heavy atom. The van der Waals surface area contributed by atoms with E-state index >= 15 is 0 Å². The molecule has 1 heterocycles. The third-order valence-electron chi connectivity index (χ3n) is 1.77. The molecule has 0 radical (unpaired) electrons. The maximum Gasteiger partial charge on any atom is 0.161 e. The van der Waals surface area contributed by atoms with E-state index in [9.17, 15) is 0 Å². The van der Waals surface area contributed by atoms with E-state index in [1.165, 1.54) is 6.42 Å². The summed E-state index contributed by atoms with van der Waals surface area (Å²) >= 11 is 0. The van der Waals surface area contributed by atoms with Crippen molar-refractivity contribution in [2.75, 3.05) is 13.2 Å². The molecule has 84 valence electrons. The van der Waals surface area contributed by atoms with Gasteiger partial charge in [0.05, 0.1) is 6.61 Å². The van der Waals surface area contributed by atoms with Gasteiger partial charge < -0.3 is 14.6 Å². The highest BCUT2D eigenvalue weighted by Crippen LogP contribution is 2.30. The van der Waals surface area contributed by atoms with E-state index in [2.05, 4.69) is 13.8 Å². The van der Waals surface area contributed by atoms with Gasteiger partial charge in [-0.25, -0.2) is 0 Å². The van der Waals surface area contributed by atoms with Gasteiger partial charge in [-0.1, -0.05) is 32.4 Å². The SMILES string of the molecule is CCC.OCC1COc2ccccc2O1. The van der Waals surface area contributed by atoms with E-state index in [4.69, 9.17) is 14.6 Å². The molecule has 0 amide bonds. The molecule has 1 aliphatic heterocycles. The van der Waals surface area contributed by atoms with Crippen LogP contribution in [0.25, 0.3) is 0 Å². The first kappa shape index (κ1) is 11.9. The first-order valence-corrected chi connectivity index (χ1v) is 5.31. The van der Waals surface area contributed by atoms with Gasteiger partial charge in [-0.2, -0.15) is 0 Å². The molecule has 1 aliphatic rings. The minimum Gasteiger partial charge on any atom is -0.486 e. The van der Waals surface area contributed by atoms with Gasteiger partial charge >= 0.3 is 0 Å². The Hall–Kier alpha value is -1.22. The fourth-order valence-electron chi connectivity index (χ4n) is 1.15. The molecule has 1 atom stereocenters. The number of rotatable bonds is 1. The molecular formula is C12H18O3. The first-order valence-electron chi connectivity index (χ1n) is 5.31. The van der Waals surface area contributed by atoms with E-state index in [0.717, 1.165) is 5.75 Å². The molecule has 0 fully saturated rings. The van der Waals surface area contributed by atoms with Gasteiger partial charge in [-0.3, -0.25) is 0 Å². The van der Waals surface area contributed by atoms with Crippen LogP contribution in [0, 0.1) is 0 Å². The summed E-state index contributed by atoms with van der Waals surface area (Å²) < 4.78 is 10.7. The largest absolute Gasteiger partial charge is 0.486 e. The van der Waals surface area contributed by atoms with Crippen LogP contribution in [0.3, 0.4) is 0 Å². The van der Waals surface area contributed by atoms with Crippen molar-refractivity contribution in [2.45, 2.75) is 26.4 Å². The second kappa shape index (κ2) is 6.30. The molecule has 0 spiro atoms. The predicted molar refractivity (Wildman–Crippen MR) is 59.4 cm³/mol. The van der Waals surface area contributed by atoms with E-state index < -0.39 is 0 Å². The predicted octanol–water partition coefficient (Wildman–Crippen LogP) is 2.24. The Morgan fingerprint density at radius 3 is 2.47 bits per heavy atom. The lowest BCUT2D eigenvalue weighted by atomic mass is 10.3. The van der Waals surface area contributed by atoms with Crippen LogP contribution < -0.4 is 9.47 Å². The summed E-state index contributed by atoms with van der Waals surface area (Å²) in [6.45, 7) is 4.67. The summed E-state index contributed by atoms with van der Waals surface area (Å²) in [5.41, 5.74) is 0. The van der Waals surface area contributed by atoms with Crippen molar-refractivity contribution in [1.82, 2.24) is 0 Å². The molecule has 0 saturated carbocycles. The maximum atomic E-state index is 8.81. The van der Waals surface area contributed by atoms with Gasteiger partial charge in [0.25, 0.3) is 0 Å². The van der Waals surface area contributed by atoms with Gasteiger partial charge in [-0.05, 0) is 12.1 Å². The van der Waals surface area contributed by atoms with E-state index in [-0.39, 0.29) is 12.7 Å². The van der Waals surface area contributed by atoms with E-state index in [1.807, 2.05) is 24.3 Å². The topological polar surface area (TPSA) is 38.7 Å². The lowest BCUT2D eigenvalue weighted by molar-refractivity contribution is 0.0456. The van der Waals surface area contributed by atoms with Crippen LogP contribution in [0.1, 0.15) is 20.3 Å². The molecular weight excluding hydrogens is 192 g/mol. The lowest BCUT2D eigenvalue weighted by Gasteiger charge is -2.24. The molecule has 3 nitrogen and oxygen atoms in total. The molecule has 0 saturated heterocycles. The van der Waals surface area contributed by atoms with Crippen molar-refractivity contribution in [3.8, 4) is 11.5 Å². The zero-order valence-electron chi connectivity index (χ0n) is 9.27. The zero-order valence-corrected chi connectivity index (χ0v) is 9.27. The minimum atomic E-state index is -0.222. The van der Waals surface area contributed by atoms with Crippen molar-refractivity contribution in [1.29, 1.82) is 0 Å². The molecule has 2 rings (SSSR count). The monoisotopic (exact) mass is 210 g/mol. The Labute approximate surface area is 90.6 Å². The van der Waals surface area contributed by atoms with Crippen LogP contribution in [0.5, 0.6) is 11.5 Å². The highest BCUT2D eigenvalue weighted by Gasteiger charge is 2.18. The molecule has 1 aromatic rings. The molecule has 1 unspecified atom stereocenters. The second-order valence-corrected chi connectivity index (χ2v) is 3.39. The van der Waals surface area contributed by atoms with Crippen molar-refractivity contribution in [2.24, 2.45) is 0 Å². The number of benzene rings is 1. The molecule has 1 N–H and O–H groups in total. The summed E-state index contributed by atoms with van der Waals surface area (Å²) in [6, 6.07) is 7.45. The van der Waals surface area contributed by atoms with Gasteiger partial charge in [0.15, 0.2) is 17.6 Å². The van der Waals surface area contributed by atoms with Crippen LogP contribution in [0.4, 0.5) is 0 Å². The number of hydrogen-bond acceptors (Lipinski definition) is 3. The molecule has 1 aromatic carbocycles. The first-order chi connectivity index (χ1) is 7.31. The minimum absolute atomic E-state index is 0.00562. The normalized spacial score (nSPS) is 17.7. The van der Waals surface area contributed by atoms with E-state index in [1.54, 1.807) is 0 Å². The third kappa shape index (κ3) is 3.44. The van der Waals surface area contributed by atoms with Crippen LogP contribution >= 0.6 is 0 Å². The van der Waals surface area contributed by atoms with E-state index in [0.29, 0.717) is 12.4 Å². The van der Waals surface area contributed by atoms with Gasteiger partial charge in [0.2, 0.25) is 0 Å². The quantitative estimate of drug-likeness (QED) is 0.772. The smallest absolute Gasteiger partial charge is 0.161 e. The number of hydrogen-bond donors (Lipinski definition) is 1. The van der Waals surface area contributed by atoms with Crippen LogP contribution in [-0.2, 0) is 0 Å². The van der Waals surface area contributed by atoms with Crippen LogP contribution in [-0.4, -0.2) is 24.4 Å². The Balaban J connectivity index is 0.000000337. The molecule has 0 aromatic heterocycles. The summed E-state index contributed by atoms with van der Waals surface area (Å²) in [7, 11) is 0. The molecule has 15 heavy (non-hydrogen) atoms. The Bertz CT molecular complexity index is 286. The molecule has 0 bridgehead atoms. The average molecular weight is 210 g/mol. The Morgan fingerprint density at radius 2 is 1.87 bits per heavy atom. The summed E-state index contributed by atoms with van der Waals surface area (Å²) in [5, 5.41) is 8.81. The van der Waals surface area contributed by atoms with Gasteiger partial charge in [-0.15, -0.1) is 0 Å². The summed E-state index contributed by atoms with van der Waals surface area (Å²) in [6.07, 6.45) is 1.03. The highest BCUT2D eigenvalue weighted by atomic mass is 16.6. The van der Waals surface area contributed by atoms with Gasteiger partial charge in [0.1, 0.15) is 6.61 Å².